The van der Waals surface area contributed by atoms with Gasteiger partial charge in [0.2, 0.25) is 0 Å². The summed E-state index contributed by atoms with van der Waals surface area (Å²) in [5.41, 5.74) is 0.589. The van der Waals surface area contributed by atoms with Crippen molar-refractivity contribution in [1.82, 2.24) is 14.7 Å². The fourth-order valence-electron chi connectivity index (χ4n) is 2.78. The highest BCUT2D eigenvalue weighted by Gasteiger charge is 2.36. The molecule has 0 fully saturated rings. The molecule has 0 radical (unpaired) electrons. The topological polar surface area (TPSA) is 38.1 Å². The lowest BCUT2D eigenvalue weighted by Gasteiger charge is -2.31. The number of alkyl halides is 2. The molecule has 1 atom stereocenters. The van der Waals surface area contributed by atoms with Crippen LogP contribution in [-0.4, -0.2) is 39.6 Å². The van der Waals surface area contributed by atoms with Crippen molar-refractivity contribution >= 4 is 17.5 Å². The smallest absolute Gasteiger partial charge is 0.275 e. The summed E-state index contributed by atoms with van der Waals surface area (Å²) in [5.74, 6) is -2.10. The number of rotatable bonds is 4. The summed E-state index contributed by atoms with van der Waals surface area (Å²) < 4.78 is 53.8. The van der Waals surface area contributed by atoms with Gasteiger partial charge in [0.25, 0.3) is 12.3 Å². The number of fused-ring (bicyclic) bond motifs is 1. The van der Waals surface area contributed by atoms with Gasteiger partial charge in [-0.2, -0.15) is 5.10 Å². The Hall–Kier alpha value is -2.09. The van der Waals surface area contributed by atoms with E-state index in [0.29, 0.717) is 5.56 Å². The molecule has 9 heteroatoms. The van der Waals surface area contributed by atoms with Gasteiger partial charge in [0, 0.05) is 23.7 Å². The fourth-order valence-corrected chi connectivity index (χ4v) is 3.06. The van der Waals surface area contributed by atoms with Gasteiger partial charge in [0.1, 0.15) is 16.8 Å². The summed E-state index contributed by atoms with van der Waals surface area (Å²) >= 11 is 6.22. The summed E-state index contributed by atoms with van der Waals surface area (Å²) in [6, 6.07) is 1.87. The third-order valence-corrected chi connectivity index (χ3v) is 4.66. The first-order valence-corrected chi connectivity index (χ1v) is 7.95. The van der Waals surface area contributed by atoms with Crippen molar-refractivity contribution < 1.29 is 22.4 Å². The Kier molecular flexibility index (Phi) is 4.73. The molecule has 0 spiro atoms. The molecule has 0 N–H and O–H groups in total. The maximum absolute atomic E-state index is 13.8. The second-order valence-corrected chi connectivity index (χ2v) is 6.19. The highest BCUT2D eigenvalue weighted by molar-refractivity contribution is 6.31. The molecule has 0 bridgehead atoms. The number of carbonyl (C=O) groups is 1. The fraction of sp³-hybridized carbons (Fsp3) is 0.375. The molecule has 1 amide bonds. The molecule has 3 rings (SSSR count). The van der Waals surface area contributed by atoms with E-state index >= 15 is 0 Å². The lowest BCUT2D eigenvalue weighted by Crippen LogP contribution is -2.46. The Morgan fingerprint density at radius 1 is 1.32 bits per heavy atom. The predicted octanol–water partition coefficient (Wildman–Crippen LogP) is 3.51. The molecule has 0 aliphatic carbocycles. The quantitative estimate of drug-likeness (QED) is 0.767. The summed E-state index contributed by atoms with van der Waals surface area (Å²) in [4.78, 5) is 13.5. The van der Waals surface area contributed by atoms with Crippen molar-refractivity contribution in [3.8, 4) is 0 Å². The van der Waals surface area contributed by atoms with Crippen LogP contribution in [0.15, 0.2) is 18.2 Å². The number of hydrogen-bond acceptors (Lipinski definition) is 2. The average molecular weight is 376 g/mol. The van der Waals surface area contributed by atoms with E-state index in [2.05, 4.69) is 5.10 Å². The monoisotopic (exact) mass is 375 g/mol. The van der Waals surface area contributed by atoms with Crippen LogP contribution in [0.4, 0.5) is 17.6 Å². The third-order valence-electron chi connectivity index (χ3n) is 4.24. The minimum atomic E-state index is -2.67. The van der Waals surface area contributed by atoms with Crippen LogP contribution in [0.2, 0.25) is 5.15 Å². The molecule has 0 saturated carbocycles. The van der Waals surface area contributed by atoms with Gasteiger partial charge < -0.3 is 4.90 Å². The van der Waals surface area contributed by atoms with Crippen LogP contribution in [0.5, 0.6) is 0 Å². The van der Waals surface area contributed by atoms with Gasteiger partial charge >= 0.3 is 0 Å². The molecular weight excluding hydrogens is 362 g/mol. The van der Waals surface area contributed by atoms with Gasteiger partial charge in [0.05, 0.1) is 12.6 Å². The second kappa shape index (κ2) is 6.67. The first kappa shape index (κ1) is 17.7. The Morgan fingerprint density at radius 3 is 2.68 bits per heavy atom. The van der Waals surface area contributed by atoms with Crippen molar-refractivity contribution in [3.05, 3.63) is 51.8 Å². The largest absolute Gasteiger partial charge is 0.328 e. The standard InChI is InChI=1S/C16H14ClF4N3O/c1-8(15(20)21)23-5-4-11-13(16(23)25)22-24(14(11)17)7-9-2-3-10(18)6-12(9)19/h2-3,6,8,15H,4-5,7H2,1H3. The Bertz CT molecular complexity index is 824. The number of hydrogen-bond donors (Lipinski definition) is 0. The number of halogens is 5. The van der Waals surface area contributed by atoms with Crippen molar-refractivity contribution in [2.24, 2.45) is 0 Å². The number of aromatic nitrogens is 2. The summed E-state index contributed by atoms with van der Waals surface area (Å²) in [7, 11) is 0. The van der Waals surface area contributed by atoms with Crippen LogP contribution in [0, 0.1) is 11.6 Å². The molecule has 4 nitrogen and oxygen atoms in total. The molecule has 1 aliphatic heterocycles. The zero-order valence-electron chi connectivity index (χ0n) is 13.1. The van der Waals surface area contributed by atoms with Gasteiger partial charge in [-0.05, 0) is 19.4 Å². The second-order valence-electron chi connectivity index (χ2n) is 5.83. The predicted molar refractivity (Wildman–Crippen MR) is 82.9 cm³/mol. The van der Waals surface area contributed by atoms with E-state index in [0.717, 1.165) is 17.0 Å². The van der Waals surface area contributed by atoms with E-state index in [1.165, 1.54) is 17.7 Å². The highest BCUT2D eigenvalue weighted by Crippen LogP contribution is 2.28. The summed E-state index contributed by atoms with van der Waals surface area (Å²) in [6.07, 6.45) is -2.39. The summed E-state index contributed by atoms with van der Waals surface area (Å²) in [5, 5.41) is 4.22. The Labute approximate surface area is 146 Å². The Morgan fingerprint density at radius 2 is 2.04 bits per heavy atom. The van der Waals surface area contributed by atoms with Crippen molar-refractivity contribution in [3.63, 3.8) is 0 Å². The normalized spacial score (nSPS) is 15.6. The number of amides is 1. The van der Waals surface area contributed by atoms with E-state index in [1.807, 2.05) is 0 Å². The number of carbonyl (C=O) groups excluding carboxylic acids is 1. The van der Waals surface area contributed by atoms with Crippen LogP contribution < -0.4 is 0 Å². The number of nitrogens with zero attached hydrogens (tertiary/aromatic N) is 3. The summed E-state index contributed by atoms with van der Waals surface area (Å²) in [6.45, 7) is 1.27. The van der Waals surface area contributed by atoms with Gasteiger partial charge in [-0.25, -0.2) is 22.2 Å². The molecule has 1 aromatic heterocycles. The van der Waals surface area contributed by atoms with Crippen LogP contribution in [-0.2, 0) is 13.0 Å². The maximum Gasteiger partial charge on any atom is 0.275 e. The molecule has 1 aliphatic rings. The lowest BCUT2D eigenvalue weighted by atomic mass is 10.1. The average Bonchev–Trinajstić information content (AvgIpc) is 2.87. The van der Waals surface area contributed by atoms with Crippen molar-refractivity contribution in [2.45, 2.75) is 32.4 Å². The molecule has 1 unspecified atom stereocenters. The third kappa shape index (κ3) is 3.22. The zero-order valence-corrected chi connectivity index (χ0v) is 13.9. The van der Waals surface area contributed by atoms with Gasteiger partial charge in [-0.3, -0.25) is 4.79 Å². The van der Waals surface area contributed by atoms with Gasteiger partial charge in [0.15, 0.2) is 5.69 Å². The molecular formula is C16H14ClF4N3O. The minimum Gasteiger partial charge on any atom is -0.328 e. The van der Waals surface area contributed by atoms with Crippen molar-refractivity contribution in [2.75, 3.05) is 6.54 Å². The zero-order chi connectivity index (χ0) is 18.3. The van der Waals surface area contributed by atoms with E-state index in [9.17, 15) is 22.4 Å². The van der Waals surface area contributed by atoms with E-state index in [4.69, 9.17) is 11.6 Å². The molecule has 25 heavy (non-hydrogen) atoms. The molecule has 2 aromatic rings. The first-order valence-electron chi connectivity index (χ1n) is 7.57. The molecule has 2 heterocycles. The Balaban J connectivity index is 1.91. The van der Waals surface area contributed by atoms with Crippen LogP contribution in [0.3, 0.4) is 0 Å². The SMILES string of the molecule is CC(C(F)F)N1CCc2c(nn(Cc3ccc(F)cc3F)c2Cl)C1=O. The van der Waals surface area contributed by atoms with E-state index < -0.39 is 30.0 Å². The van der Waals surface area contributed by atoms with Gasteiger partial charge in [-0.15, -0.1) is 0 Å². The highest BCUT2D eigenvalue weighted by atomic mass is 35.5. The molecule has 1 aromatic carbocycles. The number of benzene rings is 1. The van der Waals surface area contributed by atoms with Crippen LogP contribution in [0.1, 0.15) is 28.5 Å². The van der Waals surface area contributed by atoms with Crippen molar-refractivity contribution in [1.29, 1.82) is 0 Å². The van der Waals surface area contributed by atoms with E-state index in [-0.39, 0.29) is 35.9 Å². The molecule has 0 saturated heterocycles. The maximum atomic E-state index is 13.8. The van der Waals surface area contributed by atoms with Gasteiger partial charge in [-0.1, -0.05) is 17.7 Å². The van der Waals surface area contributed by atoms with Crippen LogP contribution in [0.25, 0.3) is 0 Å². The van der Waals surface area contributed by atoms with E-state index in [1.54, 1.807) is 0 Å². The first-order chi connectivity index (χ1) is 11.8. The molecule has 134 valence electrons. The lowest BCUT2D eigenvalue weighted by molar-refractivity contribution is 0.0254. The minimum absolute atomic E-state index is 0.00808. The van der Waals surface area contributed by atoms with Crippen LogP contribution >= 0.6 is 11.6 Å².